The molecule has 2 aromatic rings. The summed E-state index contributed by atoms with van der Waals surface area (Å²) < 4.78 is 0. The molecule has 4 rings (SSSR count). The highest BCUT2D eigenvalue weighted by atomic mass is 35.5. The first-order chi connectivity index (χ1) is 12.8. The maximum Gasteiger partial charge on any atom is 0.0602 e. The van der Waals surface area contributed by atoms with Crippen LogP contribution in [0.3, 0.4) is 0 Å². The number of halogens is 1. The van der Waals surface area contributed by atoms with E-state index < -0.39 is 0 Å². The zero-order valence-electron chi connectivity index (χ0n) is 15.5. The second kappa shape index (κ2) is 8.56. The third-order valence-electron chi connectivity index (χ3n) is 6.11. The first-order valence-electron chi connectivity index (χ1n) is 10.1. The molecular weight excluding hydrogens is 340 g/mol. The Morgan fingerprint density at radius 2 is 1.35 bits per heavy atom. The van der Waals surface area contributed by atoms with Crippen LogP contribution >= 0.6 is 11.6 Å². The largest absolute Gasteiger partial charge is 0.298 e. The quantitative estimate of drug-likeness (QED) is 0.714. The van der Waals surface area contributed by atoms with E-state index in [0.29, 0.717) is 6.04 Å². The predicted octanol–water partition coefficient (Wildman–Crippen LogP) is 5.38. The summed E-state index contributed by atoms with van der Waals surface area (Å²) in [5, 5.41) is 0.808. The second-order valence-corrected chi connectivity index (χ2v) is 8.16. The number of hydrogen-bond donors (Lipinski definition) is 0. The lowest BCUT2D eigenvalue weighted by Gasteiger charge is -2.43. The third kappa shape index (κ3) is 4.14. The highest BCUT2D eigenvalue weighted by molar-refractivity contribution is 6.30. The maximum absolute atomic E-state index is 6.13. The average molecular weight is 369 g/mol. The maximum atomic E-state index is 6.13. The molecular formula is C23H29ClN2. The zero-order valence-corrected chi connectivity index (χ0v) is 16.2. The minimum atomic E-state index is 0.321. The molecule has 0 unspecified atom stereocenters. The van der Waals surface area contributed by atoms with Crippen molar-refractivity contribution in [1.82, 2.24) is 9.80 Å². The Labute approximate surface area is 162 Å². The van der Waals surface area contributed by atoms with Crippen molar-refractivity contribution in [1.29, 1.82) is 0 Å². The van der Waals surface area contributed by atoms with Gasteiger partial charge in [0.1, 0.15) is 0 Å². The molecule has 0 amide bonds. The Morgan fingerprint density at radius 1 is 0.731 bits per heavy atom. The fraction of sp³-hybridized carbons (Fsp3) is 0.478. The molecule has 2 fully saturated rings. The van der Waals surface area contributed by atoms with Crippen LogP contribution in [0.15, 0.2) is 54.6 Å². The lowest BCUT2D eigenvalue weighted by molar-refractivity contribution is 0.0647. The minimum absolute atomic E-state index is 0.321. The van der Waals surface area contributed by atoms with Crippen molar-refractivity contribution >= 4 is 11.6 Å². The summed E-state index contributed by atoms with van der Waals surface area (Å²) in [5.74, 6) is 0. The van der Waals surface area contributed by atoms with Crippen LogP contribution in [0.2, 0.25) is 5.02 Å². The molecule has 0 radical (unpaired) electrons. The van der Waals surface area contributed by atoms with Crippen LogP contribution in [-0.2, 0) is 0 Å². The number of hydrogen-bond acceptors (Lipinski definition) is 2. The normalized spacial score (nSPS) is 21.6. The Morgan fingerprint density at radius 3 is 2.00 bits per heavy atom. The first-order valence-corrected chi connectivity index (χ1v) is 10.5. The van der Waals surface area contributed by atoms with Gasteiger partial charge in [-0.25, -0.2) is 0 Å². The van der Waals surface area contributed by atoms with E-state index in [9.17, 15) is 0 Å². The van der Waals surface area contributed by atoms with Crippen LogP contribution in [-0.4, -0.2) is 42.0 Å². The van der Waals surface area contributed by atoms with Crippen molar-refractivity contribution in [3.8, 4) is 0 Å². The van der Waals surface area contributed by atoms with Crippen LogP contribution in [0.1, 0.15) is 49.3 Å². The standard InChI is InChI=1S/C23H29ClN2/c24-21-13-11-20(12-14-21)23(19-7-3-1-4-8-19)26-17-15-25(16-18-26)22-9-5-2-6-10-22/h1,3-4,7-8,11-14,22-23H,2,5-6,9-10,15-18H2/t23-/m0/s1. The summed E-state index contributed by atoms with van der Waals surface area (Å²) in [4.78, 5) is 5.40. The minimum Gasteiger partial charge on any atom is -0.298 e. The van der Waals surface area contributed by atoms with Crippen molar-refractivity contribution in [3.05, 3.63) is 70.7 Å². The number of benzene rings is 2. The van der Waals surface area contributed by atoms with Crippen molar-refractivity contribution in [3.63, 3.8) is 0 Å². The molecule has 26 heavy (non-hydrogen) atoms. The van der Waals surface area contributed by atoms with E-state index in [1.54, 1.807) is 0 Å². The molecule has 2 nitrogen and oxygen atoms in total. The van der Waals surface area contributed by atoms with Gasteiger partial charge in [0.15, 0.2) is 0 Å². The molecule has 3 heteroatoms. The monoisotopic (exact) mass is 368 g/mol. The Bertz CT molecular complexity index is 671. The van der Waals surface area contributed by atoms with E-state index >= 15 is 0 Å². The van der Waals surface area contributed by atoms with E-state index in [1.165, 1.54) is 56.3 Å². The molecule has 2 aliphatic rings. The van der Waals surface area contributed by atoms with Crippen molar-refractivity contribution in [2.24, 2.45) is 0 Å². The molecule has 1 aliphatic heterocycles. The van der Waals surface area contributed by atoms with E-state index in [4.69, 9.17) is 11.6 Å². The zero-order chi connectivity index (χ0) is 17.8. The van der Waals surface area contributed by atoms with Gasteiger partial charge in [0.2, 0.25) is 0 Å². The van der Waals surface area contributed by atoms with Crippen molar-refractivity contribution in [2.45, 2.75) is 44.2 Å². The fourth-order valence-electron chi connectivity index (χ4n) is 4.70. The Kier molecular flexibility index (Phi) is 5.94. The second-order valence-electron chi connectivity index (χ2n) is 7.73. The van der Waals surface area contributed by atoms with E-state index in [-0.39, 0.29) is 0 Å². The summed E-state index contributed by atoms with van der Waals surface area (Å²) in [7, 11) is 0. The molecule has 1 heterocycles. The van der Waals surface area contributed by atoms with Gasteiger partial charge in [-0.3, -0.25) is 9.80 Å². The van der Waals surface area contributed by atoms with Crippen LogP contribution in [0.4, 0.5) is 0 Å². The lowest BCUT2D eigenvalue weighted by atomic mass is 9.93. The highest BCUT2D eigenvalue weighted by Crippen LogP contribution is 2.31. The molecule has 1 atom stereocenters. The van der Waals surface area contributed by atoms with Gasteiger partial charge in [0, 0.05) is 37.2 Å². The van der Waals surface area contributed by atoms with Gasteiger partial charge in [-0.05, 0) is 36.1 Å². The first kappa shape index (κ1) is 18.0. The van der Waals surface area contributed by atoms with E-state index in [0.717, 1.165) is 24.2 Å². The average Bonchev–Trinajstić information content (AvgIpc) is 2.72. The van der Waals surface area contributed by atoms with Gasteiger partial charge in [-0.2, -0.15) is 0 Å². The Hall–Kier alpha value is -1.35. The molecule has 1 aliphatic carbocycles. The van der Waals surface area contributed by atoms with Gasteiger partial charge in [-0.15, -0.1) is 0 Å². The summed E-state index contributed by atoms with van der Waals surface area (Å²) in [5.41, 5.74) is 2.72. The molecule has 0 aromatic heterocycles. The smallest absolute Gasteiger partial charge is 0.0602 e. The van der Waals surface area contributed by atoms with Crippen molar-refractivity contribution in [2.75, 3.05) is 26.2 Å². The molecule has 0 N–H and O–H groups in total. The summed E-state index contributed by atoms with van der Waals surface area (Å²) >= 11 is 6.13. The fourth-order valence-corrected chi connectivity index (χ4v) is 4.83. The number of piperazine rings is 1. The van der Waals surface area contributed by atoms with Crippen molar-refractivity contribution < 1.29 is 0 Å². The molecule has 0 bridgehead atoms. The van der Waals surface area contributed by atoms with Gasteiger partial charge in [0.25, 0.3) is 0 Å². The molecule has 1 saturated carbocycles. The summed E-state index contributed by atoms with van der Waals surface area (Å²) in [6, 6.07) is 20.5. The van der Waals surface area contributed by atoms with Gasteiger partial charge in [0.05, 0.1) is 6.04 Å². The van der Waals surface area contributed by atoms with E-state index in [1.807, 2.05) is 12.1 Å². The van der Waals surface area contributed by atoms with Gasteiger partial charge >= 0.3 is 0 Å². The van der Waals surface area contributed by atoms with E-state index in [2.05, 4.69) is 52.3 Å². The summed E-state index contributed by atoms with van der Waals surface area (Å²) in [6.07, 6.45) is 7.08. The van der Waals surface area contributed by atoms with Crippen LogP contribution in [0.25, 0.3) is 0 Å². The SMILES string of the molecule is Clc1ccc([C@H](c2ccccc2)N2CCN(C3CCCCC3)CC2)cc1. The van der Waals surface area contributed by atoms with Crippen LogP contribution in [0.5, 0.6) is 0 Å². The van der Waals surface area contributed by atoms with Gasteiger partial charge < -0.3 is 0 Å². The van der Waals surface area contributed by atoms with Crippen LogP contribution in [0, 0.1) is 0 Å². The molecule has 1 saturated heterocycles. The summed E-state index contributed by atoms with van der Waals surface area (Å²) in [6.45, 7) is 4.67. The molecule has 2 aromatic carbocycles. The third-order valence-corrected chi connectivity index (χ3v) is 6.36. The topological polar surface area (TPSA) is 6.48 Å². The highest BCUT2D eigenvalue weighted by Gasteiger charge is 2.29. The molecule has 138 valence electrons. The van der Waals surface area contributed by atoms with Gasteiger partial charge in [-0.1, -0.05) is 73.3 Å². The Balaban J connectivity index is 1.51. The number of rotatable bonds is 4. The lowest BCUT2D eigenvalue weighted by Crippen LogP contribution is -2.51. The molecule has 0 spiro atoms. The van der Waals surface area contributed by atoms with Crippen LogP contribution < -0.4 is 0 Å². The number of nitrogens with zero attached hydrogens (tertiary/aromatic N) is 2. The predicted molar refractivity (Wildman–Crippen MR) is 110 cm³/mol.